The van der Waals surface area contributed by atoms with Crippen molar-refractivity contribution in [3.05, 3.63) is 71.3 Å². The maximum absolute atomic E-state index is 13.6. The third kappa shape index (κ3) is 5.65. The van der Waals surface area contributed by atoms with E-state index in [0.29, 0.717) is 36.3 Å². The Morgan fingerprint density at radius 3 is 2.62 bits per heavy atom. The molecule has 3 rings (SSSR count). The second-order valence-corrected chi connectivity index (χ2v) is 6.38. The molecule has 0 aliphatic heterocycles. The summed E-state index contributed by atoms with van der Waals surface area (Å²) in [5.74, 6) is 1.12. The van der Waals surface area contributed by atoms with E-state index in [2.05, 4.69) is 39.9 Å². The fraction of sp³-hybridized carbons (Fsp3) is 0.350. The molecule has 1 aliphatic rings. The monoisotopic (exact) mass is 471 g/mol. The second kappa shape index (κ2) is 9.85. The summed E-state index contributed by atoms with van der Waals surface area (Å²) < 4.78 is 26.8. The topological polar surface area (TPSA) is 36.4 Å². The molecule has 2 aromatic rings. The van der Waals surface area contributed by atoms with Gasteiger partial charge in [-0.3, -0.25) is 4.99 Å². The van der Waals surface area contributed by atoms with Crippen molar-refractivity contribution in [3.63, 3.8) is 0 Å². The maximum atomic E-state index is 13.6. The molecule has 0 radical (unpaired) electrons. The fourth-order valence-corrected chi connectivity index (χ4v) is 3.08. The first-order valence-corrected chi connectivity index (χ1v) is 8.60. The van der Waals surface area contributed by atoms with E-state index < -0.39 is 5.82 Å². The lowest BCUT2D eigenvalue weighted by molar-refractivity contribution is 0.583. The van der Waals surface area contributed by atoms with E-state index in [1.807, 2.05) is 6.07 Å². The van der Waals surface area contributed by atoms with Crippen LogP contribution in [0.25, 0.3) is 0 Å². The quantitative estimate of drug-likeness (QED) is 0.378. The molecule has 3 nitrogen and oxygen atoms in total. The first-order valence-electron chi connectivity index (χ1n) is 8.60. The molecule has 0 bridgehead atoms. The summed E-state index contributed by atoms with van der Waals surface area (Å²) in [7, 11) is 1.71. The molecule has 26 heavy (non-hydrogen) atoms. The smallest absolute Gasteiger partial charge is 0.190 e. The summed E-state index contributed by atoms with van der Waals surface area (Å²) in [4.78, 5) is 4.18. The molecule has 2 N–H and O–H groups in total. The van der Waals surface area contributed by atoms with Gasteiger partial charge in [0.2, 0.25) is 0 Å². The maximum Gasteiger partial charge on any atom is 0.190 e. The number of nitrogens with zero attached hydrogens (tertiary/aromatic N) is 1. The molecule has 1 saturated carbocycles. The lowest BCUT2D eigenvalue weighted by Crippen LogP contribution is -2.39. The van der Waals surface area contributed by atoms with Gasteiger partial charge in [0.25, 0.3) is 0 Å². The number of guanidine groups is 1. The molecule has 2 unspecified atom stereocenters. The van der Waals surface area contributed by atoms with Gasteiger partial charge in [0.05, 0.1) is 0 Å². The van der Waals surface area contributed by atoms with E-state index >= 15 is 0 Å². The van der Waals surface area contributed by atoms with Gasteiger partial charge in [-0.1, -0.05) is 30.3 Å². The van der Waals surface area contributed by atoms with Gasteiger partial charge in [0, 0.05) is 20.1 Å². The van der Waals surface area contributed by atoms with Crippen LogP contribution in [0.2, 0.25) is 0 Å². The first-order chi connectivity index (χ1) is 12.2. The van der Waals surface area contributed by atoms with Gasteiger partial charge in [0.1, 0.15) is 11.6 Å². The van der Waals surface area contributed by atoms with Crippen LogP contribution in [0.3, 0.4) is 0 Å². The number of benzene rings is 2. The molecule has 0 aromatic heterocycles. The lowest BCUT2D eigenvalue weighted by Gasteiger charge is -2.12. The van der Waals surface area contributed by atoms with Crippen LogP contribution in [0.5, 0.6) is 0 Å². The van der Waals surface area contributed by atoms with Crippen molar-refractivity contribution >= 4 is 29.9 Å². The van der Waals surface area contributed by atoms with Gasteiger partial charge in [-0.05, 0) is 54.0 Å². The second-order valence-electron chi connectivity index (χ2n) is 6.38. The molecule has 6 heteroatoms. The minimum atomic E-state index is -0.417. The zero-order valence-corrected chi connectivity index (χ0v) is 17.0. The predicted octanol–water partition coefficient (Wildman–Crippen LogP) is 4.09. The molecule has 0 spiro atoms. The van der Waals surface area contributed by atoms with Gasteiger partial charge in [0.15, 0.2) is 5.96 Å². The van der Waals surface area contributed by atoms with Crippen LogP contribution < -0.4 is 10.6 Å². The largest absolute Gasteiger partial charge is 0.356 e. The van der Waals surface area contributed by atoms with Gasteiger partial charge in [-0.2, -0.15) is 0 Å². The molecule has 1 fully saturated rings. The van der Waals surface area contributed by atoms with Crippen molar-refractivity contribution in [2.45, 2.75) is 18.8 Å². The highest BCUT2D eigenvalue weighted by atomic mass is 127. The van der Waals surface area contributed by atoms with E-state index in [-0.39, 0.29) is 29.8 Å². The third-order valence-corrected chi connectivity index (χ3v) is 4.60. The number of nitrogens with one attached hydrogen (secondary N) is 2. The van der Waals surface area contributed by atoms with Crippen LogP contribution in [0.15, 0.2) is 53.5 Å². The fourth-order valence-electron chi connectivity index (χ4n) is 3.08. The minimum absolute atomic E-state index is 0. The number of halogens is 3. The molecule has 2 atom stereocenters. The molecule has 0 heterocycles. The average Bonchev–Trinajstić information content (AvgIpc) is 3.41. The molecular weight excluding hydrogens is 447 g/mol. The van der Waals surface area contributed by atoms with E-state index in [4.69, 9.17) is 0 Å². The van der Waals surface area contributed by atoms with Gasteiger partial charge < -0.3 is 10.6 Å². The minimum Gasteiger partial charge on any atom is -0.356 e. The Kier molecular flexibility index (Phi) is 7.81. The molecular formula is C20H24F2IN3. The van der Waals surface area contributed by atoms with Crippen LogP contribution >= 0.6 is 24.0 Å². The van der Waals surface area contributed by atoms with E-state index in [0.717, 1.165) is 18.7 Å². The van der Waals surface area contributed by atoms with Crippen LogP contribution in [0.4, 0.5) is 8.78 Å². The molecule has 1 aliphatic carbocycles. The normalized spacial score (nSPS) is 18.8. The summed E-state index contributed by atoms with van der Waals surface area (Å²) in [6, 6.07) is 14.1. The third-order valence-electron chi connectivity index (χ3n) is 4.60. The summed E-state index contributed by atoms with van der Waals surface area (Å²) >= 11 is 0. The zero-order valence-electron chi connectivity index (χ0n) is 14.7. The Bertz CT molecular complexity index is 737. The SMILES string of the molecule is CN=C(NCCc1cc(F)ccc1F)NCC1CC1c1ccccc1.I. The summed E-state index contributed by atoms with van der Waals surface area (Å²) in [5.41, 5.74) is 1.76. The van der Waals surface area contributed by atoms with Crippen molar-refractivity contribution in [1.82, 2.24) is 10.6 Å². The summed E-state index contributed by atoms with van der Waals surface area (Å²) in [6.45, 7) is 1.35. The lowest BCUT2D eigenvalue weighted by atomic mass is 10.1. The van der Waals surface area contributed by atoms with Crippen molar-refractivity contribution in [2.24, 2.45) is 10.9 Å². The Morgan fingerprint density at radius 2 is 1.88 bits per heavy atom. The van der Waals surface area contributed by atoms with E-state index in [1.165, 1.54) is 18.1 Å². The Labute approximate surface area is 170 Å². The van der Waals surface area contributed by atoms with Crippen LogP contribution in [0, 0.1) is 17.6 Å². The number of rotatable bonds is 6. The van der Waals surface area contributed by atoms with Gasteiger partial charge in [-0.15, -0.1) is 24.0 Å². The number of aliphatic imine (C=N–C) groups is 1. The highest BCUT2D eigenvalue weighted by Gasteiger charge is 2.37. The average molecular weight is 471 g/mol. The highest BCUT2D eigenvalue weighted by molar-refractivity contribution is 14.0. The van der Waals surface area contributed by atoms with E-state index in [9.17, 15) is 8.78 Å². The van der Waals surface area contributed by atoms with Crippen molar-refractivity contribution in [1.29, 1.82) is 0 Å². The number of hydrogen-bond donors (Lipinski definition) is 2. The van der Waals surface area contributed by atoms with Crippen LogP contribution in [-0.2, 0) is 6.42 Å². The van der Waals surface area contributed by atoms with Crippen LogP contribution in [-0.4, -0.2) is 26.1 Å². The zero-order chi connectivity index (χ0) is 17.6. The predicted molar refractivity (Wildman–Crippen MR) is 112 cm³/mol. The molecule has 2 aromatic carbocycles. The Morgan fingerprint density at radius 1 is 1.12 bits per heavy atom. The van der Waals surface area contributed by atoms with Gasteiger partial charge in [-0.25, -0.2) is 8.78 Å². The Hall–Kier alpha value is -1.70. The molecule has 0 saturated heterocycles. The highest BCUT2D eigenvalue weighted by Crippen LogP contribution is 2.46. The Balaban J connectivity index is 0.00000243. The summed E-state index contributed by atoms with van der Waals surface area (Å²) in [5, 5.41) is 6.47. The molecule has 0 amide bonds. The number of hydrogen-bond acceptors (Lipinski definition) is 1. The van der Waals surface area contributed by atoms with Crippen molar-refractivity contribution in [2.75, 3.05) is 20.1 Å². The van der Waals surface area contributed by atoms with Crippen LogP contribution in [0.1, 0.15) is 23.5 Å². The molecule has 140 valence electrons. The van der Waals surface area contributed by atoms with Gasteiger partial charge >= 0.3 is 0 Å². The van der Waals surface area contributed by atoms with E-state index in [1.54, 1.807) is 7.05 Å². The first kappa shape index (κ1) is 20.6. The standard InChI is InChI=1S/C20H23F2N3.HI/c1-23-20(24-10-9-15-11-17(21)7-8-19(15)22)25-13-16-12-18(16)14-5-3-2-4-6-14;/h2-8,11,16,18H,9-10,12-13H2,1H3,(H2,23,24,25);1H. The summed E-state index contributed by atoms with van der Waals surface area (Å²) in [6.07, 6.45) is 1.59. The van der Waals surface area contributed by atoms with Crippen molar-refractivity contribution in [3.8, 4) is 0 Å². The van der Waals surface area contributed by atoms with Crippen molar-refractivity contribution < 1.29 is 8.78 Å².